The highest BCUT2D eigenvalue weighted by molar-refractivity contribution is 5.88. The number of benzene rings is 1. The molecule has 8 heteroatoms. The van der Waals surface area contributed by atoms with Crippen LogP contribution in [0, 0.1) is 5.92 Å². The van der Waals surface area contributed by atoms with Crippen LogP contribution in [-0.4, -0.2) is 29.4 Å². The molecular formula is C14H19N5O3. The molecule has 0 spiro atoms. The van der Waals surface area contributed by atoms with Crippen molar-refractivity contribution in [3.8, 4) is 0 Å². The zero-order valence-corrected chi connectivity index (χ0v) is 12.2. The fourth-order valence-electron chi connectivity index (χ4n) is 1.81. The zero-order chi connectivity index (χ0) is 15.9. The van der Waals surface area contributed by atoms with Gasteiger partial charge in [-0.2, -0.15) is 0 Å². The number of hydrazone groups is 1. The van der Waals surface area contributed by atoms with E-state index >= 15 is 0 Å². The number of methoxy groups -OCH3 is 1. The van der Waals surface area contributed by atoms with Gasteiger partial charge in [-0.3, -0.25) is 10.7 Å². The molecule has 0 radical (unpaired) electrons. The largest absolute Gasteiger partial charge is 0.480 e. The maximum absolute atomic E-state index is 10.1. The molecule has 0 aromatic heterocycles. The Kier molecular flexibility index (Phi) is 5.21. The first-order valence-corrected chi connectivity index (χ1v) is 6.79. The second-order valence-corrected chi connectivity index (χ2v) is 4.77. The predicted molar refractivity (Wildman–Crippen MR) is 82.5 cm³/mol. The summed E-state index contributed by atoms with van der Waals surface area (Å²) in [5.41, 5.74) is 4.64. The molecule has 1 amide bonds. The monoisotopic (exact) mass is 305 g/mol. The lowest BCUT2D eigenvalue weighted by Gasteiger charge is -2.21. The first-order chi connectivity index (χ1) is 10.6. The predicted octanol–water partition coefficient (Wildman–Crippen LogP) is 1.71. The Morgan fingerprint density at radius 3 is 2.68 bits per heavy atom. The molecule has 5 N–H and O–H groups in total. The van der Waals surface area contributed by atoms with Gasteiger partial charge in [0, 0.05) is 23.4 Å². The van der Waals surface area contributed by atoms with Crippen LogP contribution in [-0.2, 0) is 4.74 Å². The van der Waals surface area contributed by atoms with Crippen LogP contribution >= 0.6 is 0 Å². The Balaban J connectivity index is 0.000000164. The minimum absolute atomic E-state index is 0.554. The van der Waals surface area contributed by atoms with E-state index in [4.69, 9.17) is 15.7 Å². The number of carboxylic acid groups (broad SMARTS) is 1. The van der Waals surface area contributed by atoms with Crippen LogP contribution in [0.3, 0.4) is 0 Å². The third-order valence-corrected chi connectivity index (χ3v) is 2.98. The number of ether oxygens (including phenoxy) is 1. The van der Waals surface area contributed by atoms with E-state index in [1.54, 1.807) is 31.4 Å². The van der Waals surface area contributed by atoms with Gasteiger partial charge in [0.15, 0.2) is 0 Å². The third kappa shape index (κ3) is 4.98. The molecule has 0 unspecified atom stereocenters. The lowest BCUT2D eigenvalue weighted by Crippen LogP contribution is -2.42. The van der Waals surface area contributed by atoms with Crippen molar-refractivity contribution in [3.05, 3.63) is 42.1 Å². The highest BCUT2D eigenvalue weighted by Gasteiger charge is 2.28. The SMILES string of the molecule is COC1=NN(N)NC(C2CC2)=C1.O=C(O)Nc1ccccc1. The Morgan fingerprint density at radius 2 is 2.14 bits per heavy atom. The summed E-state index contributed by atoms with van der Waals surface area (Å²) < 4.78 is 4.98. The summed E-state index contributed by atoms with van der Waals surface area (Å²) in [4.78, 5) is 10.1. The van der Waals surface area contributed by atoms with Crippen LogP contribution in [0.25, 0.3) is 0 Å². The molecule has 3 rings (SSSR count). The van der Waals surface area contributed by atoms with Gasteiger partial charge in [-0.15, -0.1) is 10.3 Å². The molecule has 1 aliphatic heterocycles. The van der Waals surface area contributed by atoms with E-state index in [0.29, 0.717) is 17.5 Å². The van der Waals surface area contributed by atoms with Gasteiger partial charge >= 0.3 is 6.09 Å². The molecule has 0 saturated heterocycles. The van der Waals surface area contributed by atoms with Crippen LogP contribution in [0.1, 0.15) is 12.8 Å². The van der Waals surface area contributed by atoms with Gasteiger partial charge < -0.3 is 9.84 Å². The molecule has 1 fully saturated rings. The van der Waals surface area contributed by atoms with Crippen molar-refractivity contribution in [2.24, 2.45) is 16.9 Å². The number of rotatable bonds is 2. The van der Waals surface area contributed by atoms with Gasteiger partial charge in [-0.1, -0.05) is 18.2 Å². The fraction of sp³-hybridized carbons (Fsp3) is 0.286. The van der Waals surface area contributed by atoms with Crippen molar-refractivity contribution in [3.63, 3.8) is 0 Å². The van der Waals surface area contributed by atoms with Gasteiger partial charge in [0.2, 0.25) is 5.90 Å². The molecule has 2 aliphatic rings. The molecule has 0 bridgehead atoms. The van der Waals surface area contributed by atoms with Gasteiger partial charge in [0.05, 0.1) is 7.11 Å². The molecule has 1 aromatic carbocycles. The van der Waals surface area contributed by atoms with Crippen LogP contribution in [0.15, 0.2) is 47.2 Å². The van der Waals surface area contributed by atoms with Gasteiger partial charge in [-0.05, 0) is 25.0 Å². The molecule has 1 heterocycles. The van der Waals surface area contributed by atoms with Crippen molar-refractivity contribution in [2.45, 2.75) is 12.8 Å². The summed E-state index contributed by atoms with van der Waals surface area (Å²) >= 11 is 0. The summed E-state index contributed by atoms with van der Waals surface area (Å²) in [5, 5.41) is 15.5. The first-order valence-electron chi connectivity index (χ1n) is 6.79. The van der Waals surface area contributed by atoms with Gasteiger partial charge in [-0.25, -0.2) is 10.6 Å². The molecule has 1 saturated carbocycles. The number of hydrogen-bond acceptors (Lipinski definition) is 6. The average Bonchev–Trinajstić information content (AvgIpc) is 3.32. The summed E-state index contributed by atoms with van der Waals surface area (Å²) in [6.07, 6.45) is 3.31. The van der Waals surface area contributed by atoms with Crippen LogP contribution in [0.2, 0.25) is 0 Å². The number of allylic oxidation sites excluding steroid dienone is 1. The number of amides is 1. The van der Waals surface area contributed by atoms with E-state index in [9.17, 15) is 4.79 Å². The Hall–Kier alpha value is -2.74. The summed E-state index contributed by atoms with van der Waals surface area (Å²) in [5.74, 6) is 6.65. The highest BCUT2D eigenvalue weighted by atomic mass is 16.5. The molecule has 8 nitrogen and oxygen atoms in total. The van der Waals surface area contributed by atoms with E-state index in [0.717, 1.165) is 5.70 Å². The Morgan fingerprint density at radius 1 is 1.45 bits per heavy atom. The summed E-state index contributed by atoms with van der Waals surface area (Å²) in [7, 11) is 1.58. The van der Waals surface area contributed by atoms with Gasteiger partial charge in [0.25, 0.3) is 0 Å². The number of anilines is 1. The summed E-state index contributed by atoms with van der Waals surface area (Å²) in [6, 6.07) is 8.74. The Bertz CT molecular complexity index is 569. The van der Waals surface area contributed by atoms with Crippen LogP contribution < -0.4 is 16.6 Å². The van der Waals surface area contributed by atoms with E-state index in [1.165, 1.54) is 18.1 Å². The van der Waals surface area contributed by atoms with Crippen molar-refractivity contribution in [2.75, 3.05) is 12.4 Å². The molecule has 1 aliphatic carbocycles. The van der Waals surface area contributed by atoms with Crippen molar-refractivity contribution >= 4 is 17.7 Å². The van der Waals surface area contributed by atoms with E-state index < -0.39 is 6.09 Å². The van der Waals surface area contributed by atoms with E-state index in [2.05, 4.69) is 15.8 Å². The van der Waals surface area contributed by atoms with Crippen molar-refractivity contribution in [1.82, 2.24) is 10.7 Å². The lowest BCUT2D eigenvalue weighted by atomic mass is 10.3. The van der Waals surface area contributed by atoms with Crippen molar-refractivity contribution in [1.29, 1.82) is 0 Å². The molecule has 118 valence electrons. The number of nitrogens with two attached hydrogens (primary N) is 1. The number of nitrogens with one attached hydrogen (secondary N) is 2. The molecule has 1 aromatic rings. The average molecular weight is 305 g/mol. The van der Waals surface area contributed by atoms with Crippen molar-refractivity contribution < 1.29 is 14.6 Å². The maximum atomic E-state index is 10.1. The summed E-state index contributed by atoms with van der Waals surface area (Å²) in [6.45, 7) is 0. The number of carbonyl (C=O) groups is 1. The standard InChI is InChI=1S/C7H12N4O.C7H7NO2/c1-12-7-4-6(5-2-3-5)9-11(8)10-7;9-7(10)8-6-4-2-1-3-5-6/h4-5,9H,2-3,8H2,1H3;1-5,8H,(H,9,10). The Labute approximate surface area is 128 Å². The molecular weight excluding hydrogens is 286 g/mol. The molecule has 22 heavy (non-hydrogen) atoms. The zero-order valence-electron chi connectivity index (χ0n) is 12.2. The smallest absolute Gasteiger partial charge is 0.409 e. The third-order valence-electron chi connectivity index (χ3n) is 2.98. The number of hydrazine groups is 2. The van der Waals surface area contributed by atoms with Gasteiger partial charge in [0.1, 0.15) is 0 Å². The maximum Gasteiger partial charge on any atom is 0.409 e. The van der Waals surface area contributed by atoms with E-state index in [-0.39, 0.29) is 0 Å². The normalized spacial score (nSPS) is 16.4. The fourth-order valence-corrected chi connectivity index (χ4v) is 1.81. The minimum atomic E-state index is -1.04. The number of para-hydroxylation sites is 1. The van der Waals surface area contributed by atoms with E-state index in [1.807, 2.05) is 12.1 Å². The highest BCUT2D eigenvalue weighted by Crippen LogP contribution is 2.35. The quantitative estimate of drug-likeness (QED) is 0.619. The minimum Gasteiger partial charge on any atom is -0.480 e. The van der Waals surface area contributed by atoms with Crippen LogP contribution in [0.4, 0.5) is 10.5 Å². The topological polar surface area (TPSA) is 112 Å². The van der Waals surface area contributed by atoms with Crippen LogP contribution in [0.5, 0.6) is 0 Å². The number of nitrogens with zero attached hydrogens (tertiary/aromatic N) is 2. The first kappa shape index (κ1) is 15.6. The molecule has 0 atom stereocenters. The lowest BCUT2D eigenvalue weighted by molar-refractivity contribution is 0.206. The number of hydrogen-bond donors (Lipinski definition) is 4. The second kappa shape index (κ2) is 7.32. The second-order valence-electron chi connectivity index (χ2n) is 4.77.